The Hall–Kier alpha value is -1.85. The van der Waals surface area contributed by atoms with Gasteiger partial charge in [0, 0.05) is 26.6 Å². The molecule has 0 saturated carbocycles. The van der Waals surface area contributed by atoms with Crippen LogP contribution in [0.3, 0.4) is 0 Å². The number of nitrogens with one attached hydrogen (secondary N) is 1. The first kappa shape index (κ1) is 20.9. The molecule has 5 heteroatoms. The monoisotopic (exact) mass is 444 g/mol. The molecule has 0 bridgehead atoms. The quantitative estimate of drug-likeness (QED) is 0.681. The van der Waals surface area contributed by atoms with E-state index in [1.54, 1.807) is 6.92 Å². The Morgan fingerprint density at radius 2 is 1.96 bits per heavy atom. The third kappa shape index (κ3) is 5.36. The number of hydrogen-bond donors (Lipinski definition) is 1. The Kier molecular flexibility index (Phi) is 6.78. The molecular formula is C23H29BrN2O2. The van der Waals surface area contributed by atoms with Crippen molar-refractivity contribution in [2.45, 2.75) is 59.4 Å². The smallest absolute Gasteiger partial charge is 0.217 e. The van der Waals surface area contributed by atoms with Gasteiger partial charge in [0.2, 0.25) is 5.91 Å². The Labute approximate surface area is 176 Å². The zero-order valence-electron chi connectivity index (χ0n) is 17.1. The second kappa shape index (κ2) is 9.10. The lowest BCUT2D eigenvalue weighted by atomic mass is 9.95. The van der Waals surface area contributed by atoms with Crippen LogP contribution in [0.25, 0.3) is 0 Å². The number of fused-ring (bicyclic) bond motifs is 1. The summed E-state index contributed by atoms with van der Waals surface area (Å²) in [7, 11) is 0. The molecule has 1 heterocycles. The fourth-order valence-electron chi connectivity index (χ4n) is 3.67. The van der Waals surface area contributed by atoms with Crippen LogP contribution in [0.15, 0.2) is 40.9 Å². The molecule has 150 valence electrons. The maximum atomic E-state index is 11.3. The van der Waals surface area contributed by atoms with E-state index >= 15 is 0 Å². The van der Waals surface area contributed by atoms with Crippen molar-refractivity contribution < 1.29 is 9.53 Å². The molecule has 2 aromatic rings. The van der Waals surface area contributed by atoms with Gasteiger partial charge in [0.1, 0.15) is 5.75 Å². The highest BCUT2D eigenvalue weighted by molar-refractivity contribution is 9.10. The molecule has 1 aliphatic heterocycles. The molecule has 1 atom stereocenters. The summed E-state index contributed by atoms with van der Waals surface area (Å²) in [5, 5.41) is 2.96. The maximum absolute atomic E-state index is 11.3. The predicted octanol–water partition coefficient (Wildman–Crippen LogP) is 4.99. The number of ether oxygens (including phenoxy) is 1. The molecule has 1 N–H and O–H groups in total. The minimum Gasteiger partial charge on any atom is -0.490 e. The average Bonchev–Trinajstić information content (AvgIpc) is 2.62. The summed E-state index contributed by atoms with van der Waals surface area (Å²) in [4.78, 5) is 13.8. The molecule has 0 aliphatic carbocycles. The van der Waals surface area contributed by atoms with E-state index in [2.05, 4.69) is 56.5 Å². The van der Waals surface area contributed by atoms with Crippen molar-refractivity contribution in [3.8, 4) is 5.75 Å². The second-order valence-electron chi connectivity index (χ2n) is 7.84. The van der Waals surface area contributed by atoms with E-state index in [0.717, 1.165) is 36.3 Å². The SMILES string of the molecule is CC(=O)NC(C)c1ccc2c(c1)CCN(Cc1ccc(OC(C)C)c(Br)c1)C2. The van der Waals surface area contributed by atoms with E-state index < -0.39 is 0 Å². The Balaban J connectivity index is 1.65. The second-order valence-corrected chi connectivity index (χ2v) is 8.70. The molecule has 3 rings (SSSR count). The van der Waals surface area contributed by atoms with E-state index in [0.29, 0.717) is 0 Å². The van der Waals surface area contributed by atoms with E-state index in [4.69, 9.17) is 4.74 Å². The van der Waals surface area contributed by atoms with Gasteiger partial charge in [-0.1, -0.05) is 24.3 Å². The first-order chi connectivity index (χ1) is 13.3. The Morgan fingerprint density at radius 1 is 1.18 bits per heavy atom. The number of nitrogens with zero attached hydrogens (tertiary/aromatic N) is 1. The molecular weight excluding hydrogens is 416 g/mol. The first-order valence-corrected chi connectivity index (χ1v) is 10.7. The van der Waals surface area contributed by atoms with Crippen LogP contribution in [0.5, 0.6) is 5.75 Å². The van der Waals surface area contributed by atoms with E-state index in [1.807, 2.05) is 26.8 Å². The lowest BCUT2D eigenvalue weighted by Crippen LogP contribution is -2.30. The van der Waals surface area contributed by atoms with Crippen LogP contribution >= 0.6 is 15.9 Å². The molecule has 4 nitrogen and oxygen atoms in total. The van der Waals surface area contributed by atoms with Crippen molar-refractivity contribution in [2.75, 3.05) is 6.54 Å². The molecule has 0 fully saturated rings. The number of carbonyl (C=O) groups is 1. The van der Waals surface area contributed by atoms with Gasteiger partial charge in [-0.2, -0.15) is 0 Å². The van der Waals surface area contributed by atoms with Crippen LogP contribution < -0.4 is 10.1 Å². The zero-order chi connectivity index (χ0) is 20.3. The summed E-state index contributed by atoms with van der Waals surface area (Å²) in [5.41, 5.74) is 5.23. The van der Waals surface area contributed by atoms with Crippen LogP contribution in [0.1, 0.15) is 56.0 Å². The molecule has 0 radical (unpaired) electrons. The maximum Gasteiger partial charge on any atom is 0.217 e. The minimum atomic E-state index is 0.00682. The highest BCUT2D eigenvalue weighted by atomic mass is 79.9. The summed E-state index contributed by atoms with van der Waals surface area (Å²) in [6.07, 6.45) is 1.20. The van der Waals surface area contributed by atoms with Crippen LogP contribution in [0, 0.1) is 0 Å². The number of benzene rings is 2. The van der Waals surface area contributed by atoms with Gasteiger partial charge in [0.15, 0.2) is 0 Å². The van der Waals surface area contributed by atoms with Crippen molar-refractivity contribution >= 4 is 21.8 Å². The van der Waals surface area contributed by atoms with E-state index in [-0.39, 0.29) is 18.1 Å². The zero-order valence-corrected chi connectivity index (χ0v) is 18.7. The van der Waals surface area contributed by atoms with Gasteiger partial charge in [0.25, 0.3) is 0 Å². The van der Waals surface area contributed by atoms with E-state index in [9.17, 15) is 4.79 Å². The highest BCUT2D eigenvalue weighted by Crippen LogP contribution is 2.29. The van der Waals surface area contributed by atoms with Crippen molar-refractivity contribution in [3.63, 3.8) is 0 Å². The molecule has 0 aromatic heterocycles. The summed E-state index contributed by atoms with van der Waals surface area (Å²) in [6.45, 7) is 10.6. The van der Waals surface area contributed by atoms with Gasteiger partial charge in [-0.15, -0.1) is 0 Å². The van der Waals surface area contributed by atoms with Gasteiger partial charge in [-0.25, -0.2) is 0 Å². The minimum absolute atomic E-state index is 0.00682. The van der Waals surface area contributed by atoms with Crippen LogP contribution in [0.4, 0.5) is 0 Å². The number of carbonyl (C=O) groups excluding carboxylic acids is 1. The van der Waals surface area contributed by atoms with Crippen LogP contribution in [-0.2, 0) is 24.3 Å². The summed E-state index contributed by atoms with van der Waals surface area (Å²) >= 11 is 3.63. The van der Waals surface area contributed by atoms with Gasteiger partial charge >= 0.3 is 0 Å². The van der Waals surface area contributed by atoms with Gasteiger partial charge in [0.05, 0.1) is 16.6 Å². The number of amides is 1. The van der Waals surface area contributed by atoms with Gasteiger partial charge in [-0.3, -0.25) is 9.69 Å². The van der Waals surface area contributed by atoms with Crippen molar-refractivity contribution in [1.29, 1.82) is 0 Å². The fourth-order valence-corrected chi connectivity index (χ4v) is 4.19. The third-order valence-corrected chi connectivity index (χ3v) is 5.63. The fraction of sp³-hybridized carbons (Fsp3) is 0.435. The number of hydrogen-bond acceptors (Lipinski definition) is 3. The largest absolute Gasteiger partial charge is 0.490 e. The highest BCUT2D eigenvalue weighted by Gasteiger charge is 2.18. The molecule has 28 heavy (non-hydrogen) atoms. The average molecular weight is 445 g/mol. The van der Waals surface area contributed by atoms with E-state index in [1.165, 1.54) is 22.3 Å². The molecule has 1 unspecified atom stereocenters. The third-order valence-electron chi connectivity index (χ3n) is 5.01. The first-order valence-electron chi connectivity index (χ1n) is 9.88. The molecule has 1 aliphatic rings. The lowest BCUT2D eigenvalue weighted by Gasteiger charge is -2.29. The topological polar surface area (TPSA) is 41.6 Å². The molecule has 0 saturated heterocycles. The number of rotatable bonds is 6. The van der Waals surface area contributed by atoms with Crippen LogP contribution in [0.2, 0.25) is 0 Å². The summed E-state index contributed by atoms with van der Waals surface area (Å²) in [5.74, 6) is 0.899. The summed E-state index contributed by atoms with van der Waals surface area (Å²) < 4.78 is 6.81. The van der Waals surface area contributed by atoms with Gasteiger partial charge < -0.3 is 10.1 Å². The Morgan fingerprint density at radius 3 is 2.64 bits per heavy atom. The van der Waals surface area contributed by atoms with Gasteiger partial charge in [-0.05, 0) is 77.5 Å². The summed E-state index contributed by atoms with van der Waals surface area (Å²) in [6, 6.07) is 13.0. The Bertz CT molecular complexity index is 850. The molecule has 2 aromatic carbocycles. The van der Waals surface area contributed by atoms with Crippen molar-refractivity contribution in [3.05, 3.63) is 63.1 Å². The standard InChI is InChI=1S/C23H29BrN2O2/c1-15(2)28-23-8-5-18(11-22(23)24)13-26-10-9-20-12-19(6-7-21(20)14-26)16(3)25-17(4)27/h5-8,11-12,15-16H,9-10,13-14H2,1-4H3,(H,25,27). The van der Waals surface area contributed by atoms with Crippen molar-refractivity contribution in [1.82, 2.24) is 10.2 Å². The number of halogens is 1. The molecule has 1 amide bonds. The lowest BCUT2D eigenvalue weighted by molar-refractivity contribution is -0.119. The predicted molar refractivity (Wildman–Crippen MR) is 116 cm³/mol. The normalized spacial score (nSPS) is 15.2. The molecule has 0 spiro atoms. The van der Waals surface area contributed by atoms with Crippen molar-refractivity contribution in [2.24, 2.45) is 0 Å². The van der Waals surface area contributed by atoms with Crippen LogP contribution in [-0.4, -0.2) is 23.5 Å².